The van der Waals surface area contributed by atoms with Crippen molar-refractivity contribution in [2.45, 2.75) is 25.5 Å². The maximum absolute atomic E-state index is 12.0. The first kappa shape index (κ1) is 12.6. The minimum atomic E-state index is -0.904. The summed E-state index contributed by atoms with van der Waals surface area (Å²) in [5.74, 6) is -1.03. The minimum absolute atomic E-state index is 0.0884. The summed E-state index contributed by atoms with van der Waals surface area (Å²) in [7, 11) is 0. The lowest BCUT2D eigenvalue weighted by Crippen LogP contribution is -2.29. The van der Waals surface area contributed by atoms with Crippen LogP contribution in [0.5, 0.6) is 0 Å². The molecule has 0 saturated heterocycles. The number of rotatable bonds is 5. The third-order valence-corrected chi connectivity index (χ3v) is 3.07. The molecule has 0 aromatic heterocycles. The van der Waals surface area contributed by atoms with Crippen molar-refractivity contribution in [3.05, 3.63) is 35.4 Å². The molecule has 0 radical (unpaired) electrons. The van der Waals surface area contributed by atoms with Crippen molar-refractivity contribution in [2.24, 2.45) is 0 Å². The first-order valence-corrected chi connectivity index (χ1v) is 5.91. The van der Waals surface area contributed by atoms with Gasteiger partial charge in [0.2, 0.25) is 0 Å². The van der Waals surface area contributed by atoms with Gasteiger partial charge >= 0.3 is 5.97 Å². The second kappa shape index (κ2) is 5.18. The van der Waals surface area contributed by atoms with Crippen LogP contribution >= 0.6 is 0 Å². The van der Waals surface area contributed by atoms with E-state index in [0.717, 1.165) is 0 Å². The number of aliphatic carboxylic acids is 1. The van der Waals surface area contributed by atoms with Gasteiger partial charge in [-0.2, -0.15) is 0 Å². The molecule has 1 aromatic rings. The molecule has 1 aromatic carbocycles. The SMILES string of the molecule is O=C(O)CCCCN1C(=O)c2ccccc2C1O. The summed E-state index contributed by atoms with van der Waals surface area (Å²) in [5, 5.41) is 18.5. The van der Waals surface area contributed by atoms with E-state index in [1.54, 1.807) is 24.3 Å². The van der Waals surface area contributed by atoms with Crippen LogP contribution in [0.4, 0.5) is 0 Å². The van der Waals surface area contributed by atoms with Gasteiger partial charge in [-0.1, -0.05) is 18.2 Å². The number of benzene rings is 1. The van der Waals surface area contributed by atoms with Crippen molar-refractivity contribution in [3.63, 3.8) is 0 Å². The molecule has 1 unspecified atom stereocenters. The van der Waals surface area contributed by atoms with E-state index >= 15 is 0 Å². The molecule has 0 saturated carbocycles. The summed E-state index contributed by atoms with van der Waals surface area (Å²) in [4.78, 5) is 23.7. The summed E-state index contributed by atoms with van der Waals surface area (Å²) in [5.41, 5.74) is 1.16. The lowest BCUT2D eigenvalue weighted by Gasteiger charge is -2.20. The van der Waals surface area contributed by atoms with Gasteiger partial charge in [0.15, 0.2) is 6.23 Å². The summed E-state index contributed by atoms with van der Waals surface area (Å²) in [6.45, 7) is 0.377. The van der Waals surface area contributed by atoms with E-state index in [9.17, 15) is 14.7 Å². The van der Waals surface area contributed by atoms with Crippen LogP contribution in [0.15, 0.2) is 24.3 Å². The van der Waals surface area contributed by atoms with Crippen LogP contribution in [0.3, 0.4) is 0 Å². The Morgan fingerprint density at radius 1 is 1.28 bits per heavy atom. The largest absolute Gasteiger partial charge is 0.481 e. The lowest BCUT2D eigenvalue weighted by molar-refractivity contribution is -0.137. The summed E-state index contributed by atoms with van der Waals surface area (Å²) in [6.07, 6.45) is 0.259. The number of aliphatic hydroxyl groups excluding tert-OH is 1. The average Bonchev–Trinajstić information content (AvgIpc) is 2.59. The summed E-state index contributed by atoms with van der Waals surface area (Å²) >= 11 is 0. The van der Waals surface area contributed by atoms with Crippen LogP contribution in [0, 0.1) is 0 Å². The number of carbonyl (C=O) groups excluding carboxylic acids is 1. The van der Waals surface area contributed by atoms with E-state index in [2.05, 4.69) is 0 Å². The Kier molecular flexibility index (Phi) is 3.62. The van der Waals surface area contributed by atoms with E-state index in [1.807, 2.05) is 0 Å². The topological polar surface area (TPSA) is 77.8 Å². The number of nitrogens with zero attached hydrogens (tertiary/aromatic N) is 1. The molecule has 1 atom stereocenters. The van der Waals surface area contributed by atoms with Gasteiger partial charge in [0, 0.05) is 24.1 Å². The molecule has 1 heterocycles. The Hall–Kier alpha value is -1.88. The summed E-state index contributed by atoms with van der Waals surface area (Å²) < 4.78 is 0. The first-order valence-electron chi connectivity index (χ1n) is 5.91. The molecule has 1 aliphatic rings. The predicted molar refractivity (Wildman–Crippen MR) is 63.9 cm³/mol. The smallest absolute Gasteiger partial charge is 0.303 e. The van der Waals surface area contributed by atoms with Gasteiger partial charge in [-0.25, -0.2) is 0 Å². The molecule has 2 N–H and O–H groups in total. The molecule has 0 bridgehead atoms. The highest BCUT2D eigenvalue weighted by atomic mass is 16.4. The molecule has 1 aliphatic heterocycles. The van der Waals surface area contributed by atoms with Crippen molar-refractivity contribution < 1.29 is 19.8 Å². The maximum Gasteiger partial charge on any atom is 0.303 e. The molecule has 2 rings (SSSR count). The quantitative estimate of drug-likeness (QED) is 0.773. The fourth-order valence-electron chi connectivity index (χ4n) is 2.13. The fraction of sp³-hybridized carbons (Fsp3) is 0.385. The molecule has 96 valence electrons. The lowest BCUT2D eigenvalue weighted by atomic mass is 10.1. The molecule has 18 heavy (non-hydrogen) atoms. The van der Waals surface area contributed by atoms with Crippen molar-refractivity contribution in [1.29, 1.82) is 0 Å². The Morgan fingerprint density at radius 3 is 2.67 bits per heavy atom. The first-order chi connectivity index (χ1) is 8.61. The van der Waals surface area contributed by atoms with Crippen LogP contribution in [0.25, 0.3) is 0 Å². The summed E-state index contributed by atoms with van der Waals surface area (Å²) in [6, 6.07) is 6.97. The van der Waals surface area contributed by atoms with Crippen LogP contribution in [-0.2, 0) is 4.79 Å². The molecular formula is C13H15NO4. The van der Waals surface area contributed by atoms with E-state index < -0.39 is 12.2 Å². The third kappa shape index (κ3) is 2.36. The number of aliphatic hydroxyl groups is 1. The van der Waals surface area contributed by atoms with Gasteiger partial charge in [0.05, 0.1) is 0 Å². The fourth-order valence-corrected chi connectivity index (χ4v) is 2.13. The van der Waals surface area contributed by atoms with Crippen LogP contribution in [0.1, 0.15) is 41.4 Å². The Morgan fingerprint density at radius 2 is 2.00 bits per heavy atom. The number of unbranched alkanes of at least 4 members (excludes halogenated alkanes) is 1. The number of carbonyl (C=O) groups is 2. The van der Waals surface area contributed by atoms with Gasteiger partial charge in [-0.15, -0.1) is 0 Å². The zero-order chi connectivity index (χ0) is 13.1. The minimum Gasteiger partial charge on any atom is -0.481 e. The zero-order valence-electron chi connectivity index (χ0n) is 9.87. The van der Waals surface area contributed by atoms with Gasteiger partial charge in [0.25, 0.3) is 5.91 Å². The number of carboxylic acids is 1. The number of fused-ring (bicyclic) bond motifs is 1. The highest BCUT2D eigenvalue weighted by Crippen LogP contribution is 2.31. The number of hydrogen-bond acceptors (Lipinski definition) is 3. The maximum atomic E-state index is 12.0. The van der Waals surface area contributed by atoms with Gasteiger partial charge in [0.1, 0.15) is 0 Å². The average molecular weight is 249 g/mol. The van der Waals surface area contributed by atoms with Crippen molar-refractivity contribution in [1.82, 2.24) is 4.90 Å². The third-order valence-electron chi connectivity index (χ3n) is 3.07. The molecule has 5 nitrogen and oxygen atoms in total. The highest BCUT2D eigenvalue weighted by Gasteiger charge is 2.34. The second-order valence-electron chi connectivity index (χ2n) is 4.31. The number of hydrogen-bond donors (Lipinski definition) is 2. The number of amides is 1. The molecule has 0 fully saturated rings. The normalized spacial score (nSPS) is 17.9. The molecular weight excluding hydrogens is 234 g/mol. The monoisotopic (exact) mass is 249 g/mol. The van der Waals surface area contributed by atoms with Crippen molar-refractivity contribution >= 4 is 11.9 Å². The van der Waals surface area contributed by atoms with Crippen LogP contribution < -0.4 is 0 Å². The Balaban J connectivity index is 1.96. The van der Waals surface area contributed by atoms with Crippen LogP contribution in [-0.4, -0.2) is 33.5 Å². The van der Waals surface area contributed by atoms with E-state index in [4.69, 9.17) is 5.11 Å². The van der Waals surface area contributed by atoms with E-state index in [1.165, 1.54) is 4.90 Å². The van der Waals surface area contributed by atoms with Crippen molar-refractivity contribution in [2.75, 3.05) is 6.54 Å². The highest BCUT2D eigenvalue weighted by molar-refractivity contribution is 5.98. The molecule has 5 heteroatoms. The zero-order valence-corrected chi connectivity index (χ0v) is 9.87. The van der Waals surface area contributed by atoms with E-state index in [-0.39, 0.29) is 12.3 Å². The van der Waals surface area contributed by atoms with Crippen molar-refractivity contribution in [3.8, 4) is 0 Å². The molecule has 0 spiro atoms. The molecule has 0 aliphatic carbocycles. The standard InChI is InChI=1S/C13H15NO4/c15-11(16)7-3-4-8-14-12(17)9-5-1-2-6-10(9)13(14)18/h1-2,5-6,12,17H,3-4,7-8H2,(H,15,16). The number of carboxylic acid groups (broad SMARTS) is 1. The molecule has 1 amide bonds. The second-order valence-corrected chi connectivity index (χ2v) is 4.31. The Bertz CT molecular complexity index is 472. The van der Waals surface area contributed by atoms with E-state index in [0.29, 0.717) is 30.5 Å². The van der Waals surface area contributed by atoms with Gasteiger partial charge in [-0.05, 0) is 18.9 Å². The van der Waals surface area contributed by atoms with Gasteiger partial charge in [-0.3, -0.25) is 9.59 Å². The van der Waals surface area contributed by atoms with Crippen LogP contribution in [0.2, 0.25) is 0 Å². The Labute approximate surface area is 105 Å². The van der Waals surface area contributed by atoms with Gasteiger partial charge < -0.3 is 15.1 Å². The predicted octanol–water partition coefficient (Wildman–Crippen LogP) is 1.39.